The van der Waals surface area contributed by atoms with Crippen LogP contribution in [0.4, 0.5) is 0 Å². The number of hydrogen-bond acceptors (Lipinski definition) is 3. The minimum absolute atomic E-state index is 0.207. The smallest absolute Gasteiger partial charge is 0.123 e. The van der Waals surface area contributed by atoms with Gasteiger partial charge in [-0.05, 0) is 30.3 Å². The molecule has 1 heterocycles. The Morgan fingerprint density at radius 2 is 2.35 bits per heavy atom. The van der Waals surface area contributed by atoms with E-state index in [1.807, 2.05) is 12.1 Å². The number of nitrogens with zero attached hydrogens (tertiary/aromatic N) is 1. The van der Waals surface area contributed by atoms with E-state index in [1.54, 1.807) is 0 Å². The van der Waals surface area contributed by atoms with E-state index < -0.39 is 0 Å². The highest BCUT2D eigenvalue weighted by atomic mass is 79.9. The first-order valence-electron chi connectivity index (χ1n) is 6.01. The fraction of sp³-hybridized carbons (Fsp3) is 0.538. The molecule has 0 saturated heterocycles. The Kier molecular flexibility index (Phi) is 4.42. The number of rotatable bonds is 5. The van der Waals surface area contributed by atoms with Crippen LogP contribution in [0.1, 0.15) is 12.5 Å². The van der Waals surface area contributed by atoms with E-state index in [0.29, 0.717) is 0 Å². The average molecular weight is 300 g/mol. The molecule has 4 heteroatoms. The van der Waals surface area contributed by atoms with Crippen molar-refractivity contribution in [3.05, 3.63) is 28.2 Å². The van der Waals surface area contributed by atoms with E-state index in [4.69, 9.17) is 9.84 Å². The summed E-state index contributed by atoms with van der Waals surface area (Å²) < 4.78 is 7.00. The van der Waals surface area contributed by atoms with Gasteiger partial charge in [0.2, 0.25) is 0 Å². The van der Waals surface area contributed by atoms with Crippen molar-refractivity contribution in [2.45, 2.75) is 19.4 Å². The van der Waals surface area contributed by atoms with E-state index >= 15 is 0 Å². The molecule has 1 atom stereocenters. The van der Waals surface area contributed by atoms with Crippen LogP contribution in [0.5, 0.6) is 5.75 Å². The van der Waals surface area contributed by atoms with Gasteiger partial charge in [0.15, 0.2) is 0 Å². The zero-order chi connectivity index (χ0) is 12.3. The van der Waals surface area contributed by atoms with Crippen molar-refractivity contribution in [1.29, 1.82) is 0 Å². The van der Waals surface area contributed by atoms with Gasteiger partial charge in [-0.25, -0.2) is 0 Å². The van der Waals surface area contributed by atoms with Gasteiger partial charge in [-0.2, -0.15) is 0 Å². The van der Waals surface area contributed by atoms with Gasteiger partial charge in [0.25, 0.3) is 0 Å². The molecule has 0 spiro atoms. The van der Waals surface area contributed by atoms with Crippen LogP contribution >= 0.6 is 15.9 Å². The Balaban J connectivity index is 1.95. The normalized spacial score (nSPS) is 18.2. The van der Waals surface area contributed by atoms with E-state index in [0.717, 1.165) is 36.3 Å². The second-order valence-electron chi connectivity index (χ2n) is 4.31. The first-order chi connectivity index (χ1) is 8.22. The summed E-state index contributed by atoms with van der Waals surface area (Å²) in [5.74, 6) is 0.998. The molecule has 1 N–H and O–H groups in total. The number of likely N-dealkylation sites (N-methyl/N-ethyl adjacent to an activating group) is 1. The van der Waals surface area contributed by atoms with E-state index in [2.05, 4.69) is 33.8 Å². The molecule has 0 aliphatic carbocycles. The molecule has 2 rings (SSSR count). The molecule has 1 aliphatic rings. The molecule has 1 aliphatic heterocycles. The maximum absolute atomic E-state index is 8.96. The summed E-state index contributed by atoms with van der Waals surface area (Å²) in [7, 11) is 0. The van der Waals surface area contributed by atoms with Crippen LogP contribution in [-0.2, 0) is 6.42 Å². The molecule has 0 bridgehead atoms. The zero-order valence-electron chi connectivity index (χ0n) is 10.0. The quantitative estimate of drug-likeness (QED) is 0.903. The molecule has 1 unspecified atom stereocenters. The molecule has 94 valence electrons. The van der Waals surface area contributed by atoms with Crippen LogP contribution in [-0.4, -0.2) is 42.4 Å². The molecule has 3 nitrogen and oxygen atoms in total. The predicted molar refractivity (Wildman–Crippen MR) is 71.5 cm³/mol. The summed E-state index contributed by atoms with van der Waals surface area (Å²) in [4.78, 5) is 2.21. The number of fused-ring (bicyclic) bond motifs is 1. The molecule has 17 heavy (non-hydrogen) atoms. The number of ether oxygens (including phenoxy) is 1. The second kappa shape index (κ2) is 5.85. The maximum atomic E-state index is 8.96. The van der Waals surface area contributed by atoms with Gasteiger partial charge in [0.1, 0.15) is 11.9 Å². The highest BCUT2D eigenvalue weighted by Gasteiger charge is 2.24. The Morgan fingerprint density at radius 1 is 1.53 bits per heavy atom. The lowest BCUT2D eigenvalue weighted by Gasteiger charge is -2.22. The van der Waals surface area contributed by atoms with Crippen molar-refractivity contribution >= 4 is 15.9 Å². The summed E-state index contributed by atoms with van der Waals surface area (Å²) in [5.41, 5.74) is 1.27. The van der Waals surface area contributed by atoms with Crippen molar-refractivity contribution in [2.75, 3.05) is 26.2 Å². The van der Waals surface area contributed by atoms with Gasteiger partial charge < -0.3 is 9.84 Å². The predicted octanol–water partition coefficient (Wildman–Crippen LogP) is 2.07. The summed E-state index contributed by atoms with van der Waals surface area (Å²) in [6.07, 6.45) is 1.17. The van der Waals surface area contributed by atoms with E-state index in [-0.39, 0.29) is 12.7 Å². The van der Waals surface area contributed by atoms with Gasteiger partial charge in [0, 0.05) is 24.0 Å². The van der Waals surface area contributed by atoms with Crippen LogP contribution in [0.2, 0.25) is 0 Å². The lowest BCUT2D eigenvalue weighted by molar-refractivity contribution is 0.134. The van der Waals surface area contributed by atoms with Gasteiger partial charge in [0.05, 0.1) is 6.61 Å². The lowest BCUT2D eigenvalue weighted by atomic mass is 10.1. The minimum Gasteiger partial charge on any atom is -0.488 e. The molecule has 0 aromatic heterocycles. The van der Waals surface area contributed by atoms with Crippen molar-refractivity contribution in [2.24, 2.45) is 0 Å². The number of aliphatic hydroxyl groups is 1. The summed E-state index contributed by atoms with van der Waals surface area (Å²) >= 11 is 3.48. The molecule has 0 fully saturated rings. The Labute approximate surface area is 111 Å². The Bertz CT molecular complexity index is 384. The Hall–Kier alpha value is -0.580. The molecule has 0 saturated carbocycles. The topological polar surface area (TPSA) is 32.7 Å². The van der Waals surface area contributed by atoms with Crippen LogP contribution in [0.15, 0.2) is 22.7 Å². The third-order valence-electron chi connectivity index (χ3n) is 3.09. The van der Waals surface area contributed by atoms with Gasteiger partial charge >= 0.3 is 0 Å². The monoisotopic (exact) mass is 299 g/mol. The SMILES string of the molecule is CCN(CCO)CC1Cc2cc(Br)ccc2O1. The standard InChI is InChI=1S/C13H18BrNO2/c1-2-15(5-6-16)9-12-8-10-7-11(14)3-4-13(10)17-12/h3-4,7,12,16H,2,5-6,8-9H2,1H3. The Morgan fingerprint density at radius 3 is 3.06 bits per heavy atom. The van der Waals surface area contributed by atoms with Gasteiger partial charge in [-0.1, -0.05) is 22.9 Å². The molecular weight excluding hydrogens is 282 g/mol. The lowest BCUT2D eigenvalue weighted by Crippen LogP contribution is -2.36. The van der Waals surface area contributed by atoms with Crippen molar-refractivity contribution in [3.63, 3.8) is 0 Å². The third-order valence-corrected chi connectivity index (χ3v) is 3.58. The zero-order valence-corrected chi connectivity index (χ0v) is 11.6. The van der Waals surface area contributed by atoms with Crippen molar-refractivity contribution in [1.82, 2.24) is 4.90 Å². The third kappa shape index (κ3) is 3.21. The van der Waals surface area contributed by atoms with Gasteiger partial charge in [-0.3, -0.25) is 4.90 Å². The molecule has 1 aromatic rings. The fourth-order valence-electron chi connectivity index (χ4n) is 2.20. The van der Waals surface area contributed by atoms with E-state index in [9.17, 15) is 0 Å². The maximum Gasteiger partial charge on any atom is 0.123 e. The number of benzene rings is 1. The van der Waals surface area contributed by atoms with Crippen LogP contribution in [0.25, 0.3) is 0 Å². The minimum atomic E-state index is 0.207. The van der Waals surface area contributed by atoms with Crippen molar-refractivity contribution < 1.29 is 9.84 Å². The number of hydrogen-bond donors (Lipinski definition) is 1. The van der Waals surface area contributed by atoms with Gasteiger partial charge in [-0.15, -0.1) is 0 Å². The van der Waals surface area contributed by atoms with Crippen LogP contribution in [0, 0.1) is 0 Å². The number of halogens is 1. The highest BCUT2D eigenvalue weighted by Crippen LogP contribution is 2.31. The number of aliphatic hydroxyl groups excluding tert-OH is 1. The largest absolute Gasteiger partial charge is 0.488 e. The summed E-state index contributed by atoms with van der Waals surface area (Å²) in [6, 6.07) is 6.14. The first kappa shape index (κ1) is 12.9. The van der Waals surface area contributed by atoms with Crippen LogP contribution in [0.3, 0.4) is 0 Å². The fourth-order valence-corrected chi connectivity index (χ4v) is 2.61. The van der Waals surface area contributed by atoms with Crippen LogP contribution < -0.4 is 4.74 Å². The van der Waals surface area contributed by atoms with Crippen molar-refractivity contribution in [3.8, 4) is 5.75 Å². The summed E-state index contributed by atoms with van der Waals surface area (Å²) in [6.45, 7) is 4.85. The molecule has 0 radical (unpaired) electrons. The van der Waals surface area contributed by atoms with E-state index in [1.165, 1.54) is 5.56 Å². The first-order valence-corrected chi connectivity index (χ1v) is 6.80. The molecule has 1 aromatic carbocycles. The molecule has 0 amide bonds. The molecular formula is C13H18BrNO2. The average Bonchev–Trinajstić information content (AvgIpc) is 2.69. The second-order valence-corrected chi connectivity index (χ2v) is 5.23. The summed E-state index contributed by atoms with van der Waals surface area (Å²) in [5, 5.41) is 8.96. The highest BCUT2D eigenvalue weighted by molar-refractivity contribution is 9.10.